The first-order valence-electron chi connectivity index (χ1n) is 7.01. The SMILES string of the molecule is NS(=O)(=O)c1ccc(C#CCNC(=O)OCc2ccccc2)cc1. The number of ether oxygens (including phenoxy) is 1. The van der Waals surface area contributed by atoms with Gasteiger partial charge in [0.1, 0.15) is 6.61 Å². The Morgan fingerprint density at radius 2 is 1.75 bits per heavy atom. The van der Waals surface area contributed by atoms with Gasteiger partial charge in [-0.1, -0.05) is 42.2 Å². The van der Waals surface area contributed by atoms with E-state index in [9.17, 15) is 13.2 Å². The van der Waals surface area contributed by atoms with Gasteiger partial charge in [0.15, 0.2) is 0 Å². The predicted molar refractivity (Wildman–Crippen MR) is 89.3 cm³/mol. The summed E-state index contributed by atoms with van der Waals surface area (Å²) in [7, 11) is -3.71. The Bertz CT molecular complexity index is 851. The maximum Gasteiger partial charge on any atom is 0.408 e. The number of carbonyl (C=O) groups is 1. The zero-order chi connectivity index (χ0) is 17.4. The van der Waals surface area contributed by atoms with Crippen molar-refractivity contribution < 1.29 is 17.9 Å². The first kappa shape index (κ1) is 17.5. The van der Waals surface area contributed by atoms with Crippen LogP contribution in [-0.2, 0) is 21.4 Å². The van der Waals surface area contributed by atoms with Crippen LogP contribution in [-0.4, -0.2) is 21.1 Å². The van der Waals surface area contributed by atoms with Gasteiger partial charge in [0.25, 0.3) is 0 Å². The summed E-state index contributed by atoms with van der Waals surface area (Å²) in [6, 6.07) is 15.2. The van der Waals surface area contributed by atoms with Crippen molar-refractivity contribution >= 4 is 16.1 Å². The molecule has 0 aliphatic rings. The lowest BCUT2D eigenvalue weighted by molar-refractivity contribution is 0.141. The molecular weight excluding hydrogens is 328 g/mol. The van der Waals surface area contributed by atoms with Gasteiger partial charge in [0, 0.05) is 5.56 Å². The third kappa shape index (κ3) is 5.76. The number of carbonyl (C=O) groups excluding carboxylic acids is 1. The summed E-state index contributed by atoms with van der Waals surface area (Å²) < 4.78 is 27.3. The standard InChI is InChI=1S/C17H16N2O4S/c18-24(21,22)16-10-8-14(9-11-16)7-4-12-19-17(20)23-13-15-5-2-1-3-6-15/h1-3,5-6,8-11H,12-13H2,(H,19,20)(H2,18,21,22). The highest BCUT2D eigenvalue weighted by Gasteiger charge is 2.05. The Kier molecular flexibility index (Phi) is 5.95. The minimum Gasteiger partial charge on any atom is -0.445 e. The van der Waals surface area contributed by atoms with E-state index in [1.54, 1.807) is 12.1 Å². The van der Waals surface area contributed by atoms with Gasteiger partial charge in [-0.25, -0.2) is 18.4 Å². The molecule has 0 radical (unpaired) electrons. The molecule has 0 atom stereocenters. The molecule has 2 aromatic carbocycles. The van der Waals surface area contributed by atoms with E-state index in [-0.39, 0.29) is 18.0 Å². The molecule has 0 aliphatic heterocycles. The number of primary sulfonamides is 1. The number of alkyl carbamates (subject to hydrolysis) is 1. The summed E-state index contributed by atoms with van der Waals surface area (Å²) in [4.78, 5) is 11.5. The van der Waals surface area contributed by atoms with Gasteiger partial charge in [-0.2, -0.15) is 0 Å². The van der Waals surface area contributed by atoms with Crippen LogP contribution >= 0.6 is 0 Å². The fourth-order valence-electron chi connectivity index (χ4n) is 1.76. The third-order valence-electron chi connectivity index (χ3n) is 2.95. The monoisotopic (exact) mass is 344 g/mol. The van der Waals surface area contributed by atoms with Crippen LogP contribution in [0.15, 0.2) is 59.5 Å². The molecule has 124 valence electrons. The van der Waals surface area contributed by atoms with Crippen LogP contribution in [0.25, 0.3) is 0 Å². The van der Waals surface area contributed by atoms with Crippen LogP contribution in [0.2, 0.25) is 0 Å². The van der Waals surface area contributed by atoms with Gasteiger partial charge in [-0.05, 0) is 29.8 Å². The van der Waals surface area contributed by atoms with E-state index in [0.29, 0.717) is 5.56 Å². The van der Waals surface area contributed by atoms with Crippen LogP contribution in [0.3, 0.4) is 0 Å². The molecule has 0 aromatic heterocycles. The van der Waals surface area contributed by atoms with Gasteiger partial charge in [-0.15, -0.1) is 0 Å². The predicted octanol–water partition coefficient (Wildman–Crippen LogP) is 1.61. The Labute approximate surface area is 140 Å². The summed E-state index contributed by atoms with van der Waals surface area (Å²) in [5, 5.41) is 7.52. The molecule has 2 aromatic rings. The lowest BCUT2D eigenvalue weighted by atomic mass is 10.2. The summed E-state index contributed by atoms with van der Waals surface area (Å²) in [6.07, 6.45) is -0.558. The molecule has 0 spiro atoms. The number of rotatable bonds is 4. The Hall–Kier alpha value is -2.82. The molecule has 7 heteroatoms. The van der Waals surface area contributed by atoms with Gasteiger partial charge >= 0.3 is 6.09 Å². The number of nitrogens with one attached hydrogen (secondary N) is 1. The van der Waals surface area contributed by atoms with Gasteiger partial charge in [0.2, 0.25) is 10.0 Å². The smallest absolute Gasteiger partial charge is 0.408 e. The second-order valence-electron chi connectivity index (χ2n) is 4.79. The number of amides is 1. The fraction of sp³-hybridized carbons (Fsp3) is 0.118. The number of benzene rings is 2. The molecule has 0 saturated carbocycles. The number of nitrogens with two attached hydrogens (primary N) is 1. The fourth-order valence-corrected chi connectivity index (χ4v) is 2.28. The summed E-state index contributed by atoms with van der Waals surface area (Å²) >= 11 is 0. The largest absolute Gasteiger partial charge is 0.445 e. The van der Waals surface area contributed by atoms with Crippen LogP contribution in [0.1, 0.15) is 11.1 Å². The second-order valence-corrected chi connectivity index (χ2v) is 6.35. The third-order valence-corrected chi connectivity index (χ3v) is 3.88. The van der Waals surface area contributed by atoms with Crippen molar-refractivity contribution in [1.82, 2.24) is 5.32 Å². The molecule has 0 aliphatic carbocycles. The molecule has 0 saturated heterocycles. The van der Waals surface area contributed by atoms with E-state index in [1.807, 2.05) is 30.3 Å². The maximum absolute atomic E-state index is 11.5. The number of hydrogen-bond acceptors (Lipinski definition) is 4. The van der Waals surface area contributed by atoms with Gasteiger partial charge in [0.05, 0.1) is 11.4 Å². The van der Waals surface area contributed by atoms with Crippen molar-refractivity contribution in [3.8, 4) is 11.8 Å². The quantitative estimate of drug-likeness (QED) is 0.823. The van der Waals surface area contributed by atoms with Gasteiger partial charge in [-0.3, -0.25) is 0 Å². The highest BCUT2D eigenvalue weighted by Crippen LogP contribution is 2.07. The first-order valence-corrected chi connectivity index (χ1v) is 8.56. The molecule has 0 fully saturated rings. The van der Waals surface area contributed by atoms with Crippen molar-refractivity contribution in [2.75, 3.05) is 6.54 Å². The molecule has 1 amide bonds. The second kappa shape index (κ2) is 8.15. The minimum atomic E-state index is -3.71. The minimum absolute atomic E-state index is 0.0238. The molecule has 24 heavy (non-hydrogen) atoms. The topological polar surface area (TPSA) is 98.5 Å². The average Bonchev–Trinajstić information content (AvgIpc) is 2.57. The van der Waals surface area contributed by atoms with E-state index in [2.05, 4.69) is 17.2 Å². The van der Waals surface area contributed by atoms with E-state index >= 15 is 0 Å². The van der Waals surface area contributed by atoms with E-state index in [1.165, 1.54) is 12.1 Å². The van der Waals surface area contributed by atoms with Crippen molar-refractivity contribution in [2.24, 2.45) is 5.14 Å². The summed E-state index contributed by atoms with van der Waals surface area (Å²) in [5.41, 5.74) is 1.51. The normalized spacial score (nSPS) is 10.4. The van der Waals surface area contributed by atoms with Crippen molar-refractivity contribution in [2.45, 2.75) is 11.5 Å². The lowest BCUT2D eigenvalue weighted by Crippen LogP contribution is -2.24. The van der Waals surface area contributed by atoms with Crippen molar-refractivity contribution in [3.63, 3.8) is 0 Å². The summed E-state index contributed by atoms with van der Waals surface area (Å²) in [6.45, 7) is 0.305. The van der Waals surface area contributed by atoms with Crippen LogP contribution < -0.4 is 10.5 Å². The van der Waals surface area contributed by atoms with Crippen LogP contribution in [0, 0.1) is 11.8 Å². The lowest BCUT2D eigenvalue weighted by Gasteiger charge is -2.04. The first-order chi connectivity index (χ1) is 11.4. The van der Waals surface area contributed by atoms with E-state index < -0.39 is 16.1 Å². The highest BCUT2D eigenvalue weighted by molar-refractivity contribution is 7.89. The van der Waals surface area contributed by atoms with Crippen LogP contribution in [0.4, 0.5) is 4.79 Å². The molecule has 0 unspecified atom stereocenters. The summed E-state index contributed by atoms with van der Waals surface area (Å²) in [5.74, 6) is 5.54. The highest BCUT2D eigenvalue weighted by atomic mass is 32.2. The molecule has 0 heterocycles. The zero-order valence-electron chi connectivity index (χ0n) is 12.7. The Morgan fingerprint density at radius 3 is 2.38 bits per heavy atom. The van der Waals surface area contributed by atoms with Crippen LogP contribution in [0.5, 0.6) is 0 Å². The van der Waals surface area contributed by atoms with E-state index in [4.69, 9.17) is 9.88 Å². The Morgan fingerprint density at radius 1 is 1.08 bits per heavy atom. The average molecular weight is 344 g/mol. The van der Waals surface area contributed by atoms with Crippen molar-refractivity contribution in [1.29, 1.82) is 0 Å². The number of hydrogen-bond donors (Lipinski definition) is 2. The molecular formula is C17H16N2O4S. The Balaban J connectivity index is 1.78. The van der Waals surface area contributed by atoms with Gasteiger partial charge < -0.3 is 10.1 Å². The molecule has 2 rings (SSSR count). The van der Waals surface area contributed by atoms with Crippen molar-refractivity contribution in [3.05, 3.63) is 65.7 Å². The molecule has 3 N–H and O–H groups in total. The zero-order valence-corrected chi connectivity index (χ0v) is 13.5. The maximum atomic E-state index is 11.5. The number of sulfonamides is 1. The molecule has 0 bridgehead atoms. The molecule has 6 nitrogen and oxygen atoms in total. The van der Waals surface area contributed by atoms with E-state index in [0.717, 1.165) is 5.56 Å².